The Hall–Kier alpha value is -3.41. The number of fused-ring (bicyclic) bond motifs is 4. The number of rotatable bonds is 1. The Kier molecular flexibility index (Phi) is 2.62. The van der Waals surface area contributed by atoms with E-state index in [0.717, 1.165) is 0 Å². The standard InChI is InChI=1S/C17H10N2O4/c20-9-2-3-10-11(6-9)16-14(7-15(10)21)18-12-4-1-8(17(22)23)5-13(12)19-16/h1-7,18,21H,(H,22,23). The molecular formula is C17H10N2O4. The molecule has 112 valence electrons. The van der Waals surface area contributed by atoms with Gasteiger partial charge in [-0.1, -0.05) is 0 Å². The highest BCUT2D eigenvalue weighted by Crippen LogP contribution is 2.31. The number of aromatic carboxylic acids is 1. The van der Waals surface area contributed by atoms with E-state index >= 15 is 0 Å². The van der Waals surface area contributed by atoms with E-state index in [-0.39, 0.29) is 16.7 Å². The first kappa shape index (κ1) is 13.3. The third-order valence-electron chi connectivity index (χ3n) is 3.80. The Morgan fingerprint density at radius 3 is 2.61 bits per heavy atom. The van der Waals surface area contributed by atoms with E-state index < -0.39 is 5.97 Å². The molecule has 0 aliphatic rings. The Morgan fingerprint density at radius 1 is 1.00 bits per heavy atom. The largest absolute Gasteiger partial charge is 0.507 e. The number of phenolic OH excluding ortho intramolecular Hbond substituents is 1. The lowest BCUT2D eigenvalue weighted by atomic mass is 10.1. The number of nitrogens with zero attached hydrogens (tertiary/aromatic N) is 1. The summed E-state index contributed by atoms with van der Waals surface area (Å²) in [6, 6.07) is 10.4. The van der Waals surface area contributed by atoms with Gasteiger partial charge >= 0.3 is 5.97 Å². The molecular weight excluding hydrogens is 296 g/mol. The van der Waals surface area contributed by atoms with Crippen molar-refractivity contribution in [3.63, 3.8) is 0 Å². The zero-order valence-electron chi connectivity index (χ0n) is 11.7. The van der Waals surface area contributed by atoms with Crippen LogP contribution in [0.5, 0.6) is 5.75 Å². The van der Waals surface area contributed by atoms with Gasteiger partial charge < -0.3 is 15.2 Å². The molecule has 0 saturated heterocycles. The van der Waals surface area contributed by atoms with Crippen LogP contribution in [0.4, 0.5) is 0 Å². The third kappa shape index (κ3) is 2.00. The van der Waals surface area contributed by atoms with Gasteiger partial charge in [0.05, 0.1) is 27.6 Å². The van der Waals surface area contributed by atoms with Crippen LogP contribution in [0.15, 0.2) is 47.3 Å². The van der Waals surface area contributed by atoms with Crippen LogP contribution in [0.2, 0.25) is 0 Å². The molecule has 0 saturated carbocycles. The molecule has 1 aromatic heterocycles. The maximum atomic E-state index is 11.6. The van der Waals surface area contributed by atoms with E-state index in [2.05, 4.69) is 9.97 Å². The number of aromatic nitrogens is 2. The number of H-pyrrole nitrogens is 1. The SMILES string of the molecule is O=C(O)c1ccc2[nH]c3cc(O)c4ccc(=O)cc4c3nc2c1. The molecule has 4 rings (SSSR count). The van der Waals surface area contributed by atoms with Crippen molar-refractivity contribution in [2.45, 2.75) is 0 Å². The van der Waals surface area contributed by atoms with E-state index in [1.165, 1.54) is 24.3 Å². The van der Waals surface area contributed by atoms with Crippen LogP contribution in [-0.4, -0.2) is 26.2 Å². The van der Waals surface area contributed by atoms with Crippen molar-refractivity contribution in [1.29, 1.82) is 0 Å². The van der Waals surface area contributed by atoms with Crippen molar-refractivity contribution in [3.05, 3.63) is 58.3 Å². The lowest BCUT2D eigenvalue weighted by Gasteiger charge is -2.08. The summed E-state index contributed by atoms with van der Waals surface area (Å²) in [6.45, 7) is 0. The van der Waals surface area contributed by atoms with E-state index in [9.17, 15) is 14.7 Å². The van der Waals surface area contributed by atoms with Crippen molar-refractivity contribution in [1.82, 2.24) is 9.97 Å². The lowest BCUT2D eigenvalue weighted by Crippen LogP contribution is -1.99. The lowest BCUT2D eigenvalue weighted by molar-refractivity contribution is 0.0697. The maximum Gasteiger partial charge on any atom is 0.335 e. The van der Waals surface area contributed by atoms with Crippen LogP contribution in [0.3, 0.4) is 0 Å². The van der Waals surface area contributed by atoms with Gasteiger partial charge in [0.2, 0.25) is 0 Å². The number of phenols is 1. The Bertz CT molecular complexity index is 1180. The average molecular weight is 306 g/mol. The first-order valence-corrected chi connectivity index (χ1v) is 6.86. The van der Waals surface area contributed by atoms with Gasteiger partial charge in [-0.2, -0.15) is 0 Å². The van der Waals surface area contributed by atoms with Crippen LogP contribution in [-0.2, 0) is 0 Å². The molecule has 0 spiro atoms. The molecule has 6 heteroatoms. The van der Waals surface area contributed by atoms with Gasteiger partial charge in [0.25, 0.3) is 0 Å². The summed E-state index contributed by atoms with van der Waals surface area (Å²) >= 11 is 0. The minimum absolute atomic E-state index is 0.0482. The number of carbonyl (C=O) groups is 1. The van der Waals surface area contributed by atoms with Crippen LogP contribution in [0.25, 0.3) is 32.8 Å². The van der Waals surface area contributed by atoms with Gasteiger partial charge in [0, 0.05) is 16.8 Å². The Labute approximate surface area is 128 Å². The molecule has 0 aliphatic carbocycles. The van der Waals surface area contributed by atoms with Crippen LogP contribution in [0.1, 0.15) is 10.4 Å². The molecule has 0 unspecified atom stereocenters. The molecule has 0 fully saturated rings. The fourth-order valence-corrected chi connectivity index (χ4v) is 2.71. The highest BCUT2D eigenvalue weighted by atomic mass is 16.4. The molecule has 0 radical (unpaired) electrons. The third-order valence-corrected chi connectivity index (χ3v) is 3.80. The Balaban J connectivity index is 2.19. The van der Waals surface area contributed by atoms with E-state index in [1.54, 1.807) is 18.2 Å². The summed E-state index contributed by atoms with van der Waals surface area (Å²) in [5, 5.41) is 20.3. The zero-order valence-corrected chi connectivity index (χ0v) is 11.7. The number of hydrogen-bond donors (Lipinski definition) is 3. The second kappa shape index (κ2) is 4.54. The van der Waals surface area contributed by atoms with Gasteiger partial charge in [-0.3, -0.25) is 4.79 Å². The maximum absolute atomic E-state index is 11.6. The highest BCUT2D eigenvalue weighted by Gasteiger charge is 2.11. The van der Waals surface area contributed by atoms with Gasteiger partial charge in [0.1, 0.15) is 5.75 Å². The zero-order chi connectivity index (χ0) is 16.1. The van der Waals surface area contributed by atoms with Crippen molar-refractivity contribution in [2.24, 2.45) is 0 Å². The summed E-state index contributed by atoms with van der Waals surface area (Å²) in [5.41, 5.74) is 2.12. The number of carboxylic acid groups (broad SMARTS) is 1. The molecule has 3 N–H and O–H groups in total. The smallest absolute Gasteiger partial charge is 0.335 e. The van der Waals surface area contributed by atoms with Gasteiger partial charge in [-0.15, -0.1) is 0 Å². The molecule has 0 atom stereocenters. The summed E-state index contributed by atoms with van der Waals surface area (Å²) in [6.07, 6.45) is 0. The summed E-state index contributed by atoms with van der Waals surface area (Å²) in [5.74, 6) is -0.988. The predicted octanol–water partition coefficient (Wildman–Crippen LogP) is 2.63. The molecule has 1 heterocycles. The molecule has 6 nitrogen and oxygen atoms in total. The number of benzene rings is 3. The van der Waals surface area contributed by atoms with Crippen LogP contribution in [0, 0.1) is 0 Å². The van der Waals surface area contributed by atoms with Crippen LogP contribution >= 0.6 is 0 Å². The monoisotopic (exact) mass is 306 g/mol. The quantitative estimate of drug-likeness (QED) is 0.370. The first-order chi connectivity index (χ1) is 11.0. The minimum atomic E-state index is -1.04. The molecule has 4 aromatic rings. The second-order valence-electron chi connectivity index (χ2n) is 5.27. The number of aromatic hydroxyl groups is 1. The molecule has 0 aliphatic heterocycles. The number of aromatic amines is 1. The summed E-state index contributed by atoms with van der Waals surface area (Å²) in [7, 11) is 0. The van der Waals surface area contributed by atoms with Crippen molar-refractivity contribution in [2.75, 3.05) is 0 Å². The van der Waals surface area contributed by atoms with Gasteiger partial charge in [-0.25, -0.2) is 9.78 Å². The highest BCUT2D eigenvalue weighted by molar-refractivity contribution is 6.08. The second-order valence-corrected chi connectivity index (χ2v) is 5.27. The molecule has 3 aromatic carbocycles. The van der Waals surface area contributed by atoms with E-state index in [0.29, 0.717) is 32.8 Å². The molecule has 0 bridgehead atoms. The van der Waals surface area contributed by atoms with E-state index in [1.807, 2.05) is 0 Å². The summed E-state index contributed by atoms with van der Waals surface area (Å²) in [4.78, 5) is 30.3. The minimum Gasteiger partial charge on any atom is -0.507 e. The first-order valence-electron chi connectivity index (χ1n) is 6.86. The fraction of sp³-hybridized carbons (Fsp3) is 0. The topological polar surface area (TPSA) is 103 Å². The number of nitrogens with one attached hydrogen (secondary N) is 1. The average Bonchev–Trinajstić information content (AvgIpc) is 2.52. The van der Waals surface area contributed by atoms with Crippen molar-refractivity contribution < 1.29 is 15.0 Å². The van der Waals surface area contributed by atoms with Gasteiger partial charge in [-0.05, 0) is 36.4 Å². The normalized spacial score (nSPS) is 11.3. The predicted molar refractivity (Wildman–Crippen MR) is 86.0 cm³/mol. The van der Waals surface area contributed by atoms with E-state index in [4.69, 9.17) is 5.11 Å². The van der Waals surface area contributed by atoms with Crippen molar-refractivity contribution in [3.8, 4) is 5.75 Å². The fourth-order valence-electron chi connectivity index (χ4n) is 2.71. The number of hydrogen-bond acceptors (Lipinski definition) is 4. The van der Waals surface area contributed by atoms with Crippen LogP contribution < -0.4 is 5.43 Å². The molecule has 23 heavy (non-hydrogen) atoms. The van der Waals surface area contributed by atoms with Crippen molar-refractivity contribution >= 4 is 38.8 Å². The molecule has 0 amide bonds. The number of carboxylic acids is 1. The summed E-state index contributed by atoms with van der Waals surface area (Å²) < 4.78 is 0. The van der Waals surface area contributed by atoms with Gasteiger partial charge in [0.15, 0.2) is 5.43 Å². The Morgan fingerprint density at radius 2 is 1.83 bits per heavy atom.